The maximum Gasteiger partial charge on any atom is 0.387 e. The number of halogens is 6. The third kappa shape index (κ3) is 3.36. The Morgan fingerprint density at radius 1 is 0.905 bits per heavy atom. The van der Waals surface area contributed by atoms with Crippen LogP contribution in [0.1, 0.15) is 0 Å². The van der Waals surface area contributed by atoms with Crippen LogP contribution >= 0.6 is 0 Å². The minimum absolute atomic E-state index is 0.000540. The molecule has 0 amide bonds. The van der Waals surface area contributed by atoms with E-state index in [-0.39, 0.29) is 11.4 Å². The minimum Gasteiger partial charge on any atom is -0.435 e. The van der Waals surface area contributed by atoms with Crippen LogP contribution in [0.3, 0.4) is 0 Å². The summed E-state index contributed by atoms with van der Waals surface area (Å²) in [4.78, 5) is 2.40. The van der Waals surface area contributed by atoms with Crippen LogP contribution in [0.15, 0.2) is 24.3 Å². The van der Waals surface area contributed by atoms with Gasteiger partial charge in [0.1, 0.15) is 11.4 Å². The van der Waals surface area contributed by atoms with Gasteiger partial charge in [-0.15, -0.1) is 0 Å². The molecule has 0 aliphatic heterocycles. The molecule has 0 bridgehead atoms. The highest BCUT2D eigenvalue weighted by Gasteiger charge is 2.20. The molecule has 2 rings (SSSR count). The van der Waals surface area contributed by atoms with Crippen LogP contribution in [0.2, 0.25) is 0 Å². The standard InChI is InChI=1S/C12H6F6N2O/c13-7-9(8(14)11(16)20-10(7)15)19-5-1-3-6(4-2-5)21-12(17)18/h1-4,12H,(H,19,20). The SMILES string of the molecule is Fc1nc(F)c(F)c(Nc2ccc(OC(F)F)cc2)c1F. The van der Waals surface area contributed by atoms with Crippen LogP contribution in [0.25, 0.3) is 0 Å². The lowest BCUT2D eigenvalue weighted by Crippen LogP contribution is -2.06. The largest absolute Gasteiger partial charge is 0.435 e. The van der Waals surface area contributed by atoms with Gasteiger partial charge in [-0.3, -0.25) is 0 Å². The van der Waals surface area contributed by atoms with Gasteiger partial charge in [-0.2, -0.15) is 31.3 Å². The summed E-state index contributed by atoms with van der Waals surface area (Å²) in [5.74, 6) is -7.23. The third-order valence-corrected chi connectivity index (χ3v) is 2.35. The molecule has 2 aromatic rings. The number of nitrogens with one attached hydrogen (secondary N) is 1. The number of nitrogens with zero attached hydrogens (tertiary/aromatic N) is 1. The first-order valence-electron chi connectivity index (χ1n) is 5.40. The van der Waals surface area contributed by atoms with Gasteiger partial charge in [-0.05, 0) is 24.3 Å². The van der Waals surface area contributed by atoms with E-state index in [4.69, 9.17) is 0 Å². The zero-order valence-electron chi connectivity index (χ0n) is 10.0. The second-order valence-electron chi connectivity index (χ2n) is 3.72. The number of ether oxygens (including phenoxy) is 1. The fraction of sp³-hybridized carbons (Fsp3) is 0.0833. The highest BCUT2D eigenvalue weighted by Crippen LogP contribution is 2.27. The van der Waals surface area contributed by atoms with Gasteiger partial charge in [0, 0.05) is 5.69 Å². The smallest absolute Gasteiger partial charge is 0.387 e. The molecule has 0 spiro atoms. The van der Waals surface area contributed by atoms with Crippen LogP contribution in [0.4, 0.5) is 37.7 Å². The normalized spacial score (nSPS) is 10.8. The lowest BCUT2D eigenvalue weighted by atomic mass is 10.2. The van der Waals surface area contributed by atoms with E-state index >= 15 is 0 Å². The van der Waals surface area contributed by atoms with Crippen molar-refractivity contribution in [2.75, 3.05) is 5.32 Å². The number of pyridine rings is 1. The van der Waals surface area contributed by atoms with Crippen molar-refractivity contribution in [3.05, 3.63) is 47.8 Å². The van der Waals surface area contributed by atoms with Gasteiger partial charge < -0.3 is 10.1 Å². The van der Waals surface area contributed by atoms with Gasteiger partial charge in [0.15, 0.2) is 0 Å². The number of alkyl halides is 2. The molecule has 21 heavy (non-hydrogen) atoms. The molecule has 3 nitrogen and oxygen atoms in total. The number of hydrogen-bond acceptors (Lipinski definition) is 3. The minimum atomic E-state index is -3.03. The number of rotatable bonds is 4. The topological polar surface area (TPSA) is 34.2 Å². The van der Waals surface area contributed by atoms with Crippen molar-refractivity contribution < 1.29 is 31.1 Å². The van der Waals surface area contributed by atoms with Crippen molar-refractivity contribution in [3.63, 3.8) is 0 Å². The Kier molecular flexibility index (Phi) is 4.20. The second-order valence-corrected chi connectivity index (χ2v) is 3.72. The predicted molar refractivity (Wildman–Crippen MR) is 60.4 cm³/mol. The zero-order chi connectivity index (χ0) is 15.6. The summed E-state index contributed by atoms with van der Waals surface area (Å²) < 4.78 is 80.4. The molecule has 9 heteroatoms. The summed E-state index contributed by atoms with van der Waals surface area (Å²) in [6.45, 7) is -3.03. The molecule has 112 valence electrons. The lowest BCUT2D eigenvalue weighted by molar-refractivity contribution is -0.0498. The monoisotopic (exact) mass is 308 g/mol. The molecule has 0 saturated carbocycles. The molecule has 0 saturated heterocycles. The third-order valence-electron chi connectivity index (χ3n) is 2.35. The average Bonchev–Trinajstić information content (AvgIpc) is 2.43. The van der Waals surface area contributed by atoms with Crippen molar-refractivity contribution in [1.82, 2.24) is 4.98 Å². The van der Waals surface area contributed by atoms with Crippen molar-refractivity contribution in [2.24, 2.45) is 0 Å². The summed E-state index contributed by atoms with van der Waals surface area (Å²) in [6.07, 6.45) is 0. The predicted octanol–water partition coefficient (Wildman–Crippen LogP) is 3.98. The van der Waals surface area contributed by atoms with Gasteiger partial charge in [0.25, 0.3) is 11.9 Å². The number of anilines is 2. The Morgan fingerprint density at radius 3 is 1.90 bits per heavy atom. The maximum atomic E-state index is 13.3. The summed E-state index contributed by atoms with van der Waals surface area (Å²) in [7, 11) is 0. The van der Waals surface area contributed by atoms with E-state index in [9.17, 15) is 26.3 Å². The number of aromatic nitrogens is 1. The molecule has 0 radical (unpaired) electrons. The molecule has 0 atom stereocenters. The van der Waals surface area contributed by atoms with Gasteiger partial charge >= 0.3 is 6.61 Å². The van der Waals surface area contributed by atoms with Crippen molar-refractivity contribution in [2.45, 2.75) is 6.61 Å². The van der Waals surface area contributed by atoms with E-state index in [2.05, 4.69) is 15.0 Å². The quantitative estimate of drug-likeness (QED) is 0.685. The Balaban J connectivity index is 2.26. The van der Waals surface area contributed by atoms with Gasteiger partial charge in [-0.25, -0.2) is 0 Å². The molecule has 1 aromatic carbocycles. The van der Waals surface area contributed by atoms with Crippen LogP contribution in [0.5, 0.6) is 5.75 Å². The second kappa shape index (κ2) is 5.90. The van der Waals surface area contributed by atoms with Crippen molar-refractivity contribution >= 4 is 11.4 Å². The number of benzene rings is 1. The Labute approximate surface area is 114 Å². The summed E-state index contributed by atoms with van der Waals surface area (Å²) in [5, 5.41) is 2.09. The first-order valence-corrected chi connectivity index (χ1v) is 5.40. The van der Waals surface area contributed by atoms with E-state index in [1.54, 1.807) is 0 Å². The van der Waals surface area contributed by atoms with Crippen LogP contribution < -0.4 is 10.1 Å². The zero-order valence-corrected chi connectivity index (χ0v) is 10.0. The van der Waals surface area contributed by atoms with Crippen LogP contribution in [-0.4, -0.2) is 11.6 Å². The Bertz CT molecular complexity index is 621. The van der Waals surface area contributed by atoms with E-state index in [1.165, 1.54) is 0 Å². The van der Waals surface area contributed by atoms with E-state index < -0.39 is 35.8 Å². The molecule has 1 aromatic heterocycles. The first kappa shape index (κ1) is 14.9. The van der Waals surface area contributed by atoms with Gasteiger partial charge in [-0.1, -0.05) is 0 Å². The van der Waals surface area contributed by atoms with E-state index in [0.29, 0.717) is 0 Å². The Morgan fingerprint density at radius 2 is 1.43 bits per heavy atom. The Hall–Kier alpha value is -2.45. The van der Waals surface area contributed by atoms with Gasteiger partial charge in [0.05, 0.1) is 0 Å². The summed E-state index contributed by atoms with van der Waals surface area (Å²) in [5.41, 5.74) is -1.08. The lowest BCUT2D eigenvalue weighted by Gasteiger charge is -2.10. The number of hydrogen-bond donors (Lipinski definition) is 1. The molecule has 0 aliphatic carbocycles. The summed E-state index contributed by atoms with van der Waals surface area (Å²) >= 11 is 0. The molecular weight excluding hydrogens is 302 g/mol. The van der Waals surface area contributed by atoms with Crippen LogP contribution in [-0.2, 0) is 0 Å². The van der Waals surface area contributed by atoms with Gasteiger partial charge in [0.2, 0.25) is 11.6 Å². The van der Waals surface area contributed by atoms with Crippen LogP contribution in [0, 0.1) is 23.5 Å². The highest BCUT2D eigenvalue weighted by atomic mass is 19.3. The maximum absolute atomic E-state index is 13.3. The molecule has 0 aliphatic rings. The highest BCUT2D eigenvalue weighted by molar-refractivity contribution is 5.61. The summed E-state index contributed by atoms with van der Waals surface area (Å²) in [6, 6.07) is 4.43. The van der Waals surface area contributed by atoms with Crippen molar-refractivity contribution in [3.8, 4) is 5.75 Å². The molecule has 0 unspecified atom stereocenters. The van der Waals surface area contributed by atoms with Crippen molar-refractivity contribution in [1.29, 1.82) is 0 Å². The fourth-order valence-corrected chi connectivity index (χ4v) is 1.46. The van der Waals surface area contributed by atoms with E-state index in [1.807, 2.05) is 0 Å². The average molecular weight is 308 g/mol. The molecule has 0 fully saturated rings. The molecule has 1 N–H and O–H groups in total. The fourth-order valence-electron chi connectivity index (χ4n) is 1.46. The van der Waals surface area contributed by atoms with E-state index in [0.717, 1.165) is 24.3 Å². The first-order chi connectivity index (χ1) is 9.88. The molecular formula is C12H6F6N2O. The molecule has 1 heterocycles.